The normalized spacial score (nSPS) is 18.3. The number of amides is 5. The van der Waals surface area contributed by atoms with Crippen molar-refractivity contribution in [3.63, 3.8) is 0 Å². The summed E-state index contributed by atoms with van der Waals surface area (Å²) in [4.78, 5) is 54.3. The Morgan fingerprint density at radius 2 is 1.74 bits per heavy atom. The summed E-state index contributed by atoms with van der Waals surface area (Å²) in [7, 11) is 0. The van der Waals surface area contributed by atoms with Crippen molar-refractivity contribution in [2.24, 2.45) is 0 Å². The molecule has 2 atom stereocenters. The largest absolute Gasteiger partial charge is 0.352 e. The van der Waals surface area contributed by atoms with Crippen LogP contribution in [-0.2, 0) is 27.3 Å². The summed E-state index contributed by atoms with van der Waals surface area (Å²) < 4.78 is 0. The number of nitrogens with one attached hydrogen (secondary N) is 2. The molecule has 4 rings (SSSR count). The molecule has 2 heterocycles. The average Bonchev–Trinajstić information content (AvgIpc) is 3.43. The first kappa shape index (κ1) is 28.4. The van der Waals surface area contributed by atoms with Gasteiger partial charge in [0.05, 0.1) is 6.04 Å². The number of fused-ring (bicyclic) bond motifs is 1. The van der Waals surface area contributed by atoms with Crippen LogP contribution in [0.4, 0.5) is 10.5 Å². The van der Waals surface area contributed by atoms with Gasteiger partial charge in [0.1, 0.15) is 11.8 Å². The van der Waals surface area contributed by atoms with Crippen molar-refractivity contribution in [2.45, 2.75) is 63.8 Å². The van der Waals surface area contributed by atoms with E-state index in [1.807, 2.05) is 73.9 Å². The molecule has 0 spiro atoms. The molecule has 39 heavy (non-hydrogen) atoms. The third-order valence-electron chi connectivity index (χ3n) is 7.04. The van der Waals surface area contributed by atoms with Gasteiger partial charge in [0, 0.05) is 25.2 Å². The van der Waals surface area contributed by atoms with E-state index in [0.717, 1.165) is 23.2 Å². The number of para-hydroxylation sites is 1. The number of hydrogen-bond donors (Lipinski definition) is 2. The van der Waals surface area contributed by atoms with Gasteiger partial charge in [-0.05, 0) is 48.8 Å². The maximum absolute atomic E-state index is 13.3. The fourth-order valence-electron chi connectivity index (χ4n) is 4.80. The molecule has 0 saturated carbocycles. The zero-order valence-electron chi connectivity index (χ0n) is 22.5. The molecule has 2 aliphatic heterocycles. The number of rotatable bonds is 12. The van der Waals surface area contributed by atoms with E-state index in [1.165, 1.54) is 27.1 Å². The second-order valence-electron chi connectivity index (χ2n) is 9.91. The monoisotopic (exact) mass is 548 g/mol. The Hall–Kier alpha value is -3.59. The molecule has 0 aromatic heterocycles. The molecular formula is C30H36N4O4S. The second-order valence-corrected chi connectivity index (χ2v) is 11.0. The van der Waals surface area contributed by atoms with E-state index in [2.05, 4.69) is 10.6 Å². The summed E-state index contributed by atoms with van der Waals surface area (Å²) in [6.07, 6.45) is 4.97. The van der Waals surface area contributed by atoms with E-state index in [0.29, 0.717) is 32.2 Å². The molecule has 2 N–H and O–H groups in total. The Morgan fingerprint density at radius 3 is 2.51 bits per heavy atom. The van der Waals surface area contributed by atoms with Crippen LogP contribution in [0.25, 0.3) is 0 Å². The van der Waals surface area contributed by atoms with Crippen molar-refractivity contribution in [3.05, 3.63) is 76.7 Å². The molecule has 0 aliphatic carbocycles. The Morgan fingerprint density at radius 1 is 0.974 bits per heavy atom. The van der Waals surface area contributed by atoms with Gasteiger partial charge in [-0.1, -0.05) is 67.4 Å². The van der Waals surface area contributed by atoms with Gasteiger partial charge < -0.3 is 15.5 Å². The van der Waals surface area contributed by atoms with Gasteiger partial charge in [0.2, 0.25) is 17.7 Å². The molecular weight excluding hydrogens is 512 g/mol. The van der Waals surface area contributed by atoms with Crippen LogP contribution in [-0.4, -0.2) is 57.9 Å². The van der Waals surface area contributed by atoms with Crippen LogP contribution in [0.3, 0.4) is 0 Å². The highest BCUT2D eigenvalue weighted by atomic mass is 32.2. The number of nitrogens with zero attached hydrogens (tertiary/aromatic N) is 2. The molecule has 2 aliphatic rings. The summed E-state index contributed by atoms with van der Waals surface area (Å²) in [6, 6.07) is 14.8. The Labute approximate surface area is 234 Å². The molecule has 2 unspecified atom stereocenters. The van der Waals surface area contributed by atoms with E-state index in [1.54, 1.807) is 0 Å². The highest BCUT2D eigenvalue weighted by Gasteiger charge is 2.47. The number of benzene rings is 2. The van der Waals surface area contributed by atoms with E-state index in [-0.39, 0.29) is 30.8 Å². The lowest BCUT2D eigenvalue weighted by atomic mass is 10.1. The van der Waals surface area contributed by atoms with Crippen LogP contribution in [0, 0.1) is 6.92 Å². The molecule has 2 aromatic rings. The molecule has 5 amide bonds. The zero-order chi connectivity index (χ0) is 27.8. The molecule has 206 valence electrons. The predicted molar refractivity (Wildman–Crippen MR) is 154 cm³/mol. The number of imide groups is 1. The number of carbonyl (C=O) groups is 4. The lowest BCUT2D eigenvalue weighted by molar-refractivity contribution is -0.132. The van der Waals surface area contributed by atoms with Gasteiger partial charge in [-0.15, -0.1) is 11.8 Å². The average molecular weight is 549 g/mol. The van der Waals surface area contributed by atoms with Crippen LogP contribution in [0.1, 0.15) is 49.3 Å². The molecule has 2 aromatic carbocycles. The van der Waals surface area contributed by atoms with Gasteiger partial charge in [-0.2, -0.15) is 0 Å². The highest BCUT2D eigenvalue weighted by molar-refractivity contribution is 8.03. The van der Waals surface area contributed by atoms with Crippen LogP contribution in [0.5, 0.6) is 0 Å². The summed E-state index contributed by atoms with van der Waals surface area (Å²) in [5, 5.41) is 7.25. The standard InChI is InChI=1S/C30H36N4O4S/c1-3-23-9-6-7-10-24(23)32-27(36)20-34-25-16-18-39-28(25)29(37)33(30(34)38)17-8-4-5-11-26(35)31-19-22-14-12-21(2)13-15-22/h6-7,9-10,12-16,18,25,28H,3-5,8,11,17,19-20H2,1-2H3,(H,31,35)(H,32,36). The Kier molecular flexibility index (Phi) is 9.81. The number of thioether (sulfide) groups is 1. The van der Waals surface area contributed by atoms with E-state index in [4.69, 9.17) is 0 Å². The van der Waals surface area contributed by atoms with Crippen molar-refractivity contribution < 1.29 is 19.2 Å². The van der Waals surface area contributed by atoms with Crippen molar-refractivity contribution in [1.29, 1.82) is 0 Å². The van der Waals surface area contributed by atoms with Crippen molar-refractivity contribution in [3.8, 4) is 0 Å². The smallest absolute Gasteiger partial charge is 0.327 e. The summed E-state index contributed by atoms with van der Waals surface area (Å²) in [5.74, 6) is -0.526. The van der Waals surface area contributed by atoms with Gasteiger partial charge in [-0.25, -0.2) is 4.79 Å². The highest BCUT2D eigenvalue weighted by Crippen LogP contribution is 2.34. The lowest BCUT2D eigenvalue weighted by Gasteiger charge is -2.41. The number of unbranched alkanes of at least 4 members (excludes halogenated alkanes) is 2. The van der Waals surface area contributed by atoms with Crippen LogP contribution in [0.2, 0.25) is 0 Å². The summed E-state index contributed by atoms with van der Waals surface area (Å²) >= 11 is 1.38. The van der Waals surface area contributed by atoms with Crippen LogP contribution in [0.15, 0.2) is 60.0 Å². The second kappa shape index (κ2) is 13.5. The van der Waals surface area contributed by atoms with Gasteiger partial charge >= 0.3 is 6.03 Å². The SMILES string of the molecule is CCc1ccccc1NC(=O)CN1C(=O)N(CCCCCC(=O)NCc2ccc(C)cc2)C(=O)C2SC=CC21. The van der Waals surface area contributed by atoms with Crippen LogP contribution < -0.4 is 10.6 Å². The van der Waals surface area contributed by atoms with E-state index in [9.17, 15) is 19.2 Å². The van der Waals surface area contributed by atoms with Crippen molar-refractivity contribution >= 4 is 41.2 Å². The first-order valence-corrected chi connectivity index (χ1v) is 14.5. The maximum atomic E-state index is 13.3. The van der Waals surface area contributed by atoms with Gasteiger partial charge in [0.25, 0.3) is 0 Å². The first-order chi connectivity index (χ1) is 18.9. The minimum atomic E-state index is -0.442. The number of hydrogen-bond acceptors (Lipinski definition) is 5. The van der Waals surface area contributed by atoms with Gasteiger partial charge in [-0.3, -0.25) is 19.3 Å². The number of aryl methyl sites for hydroxylation is 2. The quantitative estimate of drug-likeness (QED) is 0.377. The third-order valence-corrected chi connectivity index (χ3v) is 8.13. The van der Waals surface area contributed by atoms with E-state index >= 15 is 0 Å². The molecule has 1 saturated heterocycles. The maximum Gasteiger partial charge on any atom is 0.327 e. The lowest BCUT2D eigenvalue weighted by Crippen LogP contribution is -2.63. The number of anilines is 1. The fraction of sp³-hybridized carbons (Fsp3) is 0.400. The zero-order valence-corrected chi connectivity index (χ0v) is 23.3. The van der Waals surface area contributed by atoms with E-state index < -0.39 is 17.3 Å². The Bertz CT molecular complexity index is 1230. The number of carbonyl (C=O) groups excluding carboxylic acids is 4. The number of urea groups is 1. The van der Waals surface area contributed by atoms with Crippen LogP contribution >= 0.6 is 11.8 Å². The van der Waals surface area contributed by atoms with Crippen molar-refractivity contribution in [2.75, 3.05) is 18.4 Å². The molecule has 9 heteroatoms. The minimum absolute atomic E-state index is 0.0150. The topological polar surface area (TPSA) is 98.8 Å². The van der Waals surface area contributed by atoms with Gasteiger partial charge in [0.15, 0.2) is 0 Å². The Balaban J connectivity index is 1.26. The summed E-state index contributed by atoms with van der Waals surface area (Å²) in [5.41, 5.74) is 3.99. The minimum Gasteiger partial charge on any atom is -0.352 e. The molecule has 1 fully saturated rings. The predicted octanol–water partition coefficient (Wildman–Crippen LogP) is 4.63. The van der Waals surface area contributed by atoms with Crippen molar-refractivity contribution in [1.82, 2.24) is 15.1 Å². The summed E-state index contributed by atoms with van der Waals surface area (Å²) in [6.45, 7) is 4.68. The fourth-order valence-corrected chi connectivity index (χ4v) is 5.86. The molecule has 8 nitrogen and oxygen atoms in total. The first-order valence-electron chi connectivity index (χ1n) is 13.5. The molecule has 0 bridgehead atoms. The third kappa shape index (κ3) is 7.29. The molecule has 0 radical (unpaired) electrons.